The minimum atomic E-state index is -0.638. The number of nitrogens with zero attached hydrogens (tertiary/aromatic N) is 1. The van der Waals surface area contributed by atoms with Crippen LogP contribution in [0.25, 0.3) is 0 Å². The number of allylic oxidation sites excluding steroid dienone is 1. The third-order valence-electron chi connectivity index (χ3n) is 4.91. The highest BCUT2D eigenvalue weighted by molar-refractivity contribution is 6.31. The number of esters is 1. The summed E-state index contributed by atoms with van der Waals surface area (Å²) in [7, 11) is 0. The summed E-state index contributed by atoms with van der Waals surface area (Å²) in [6.45, 7) is 7.72. The molecule has 0 saturated heterocycles. The molecule has 2 aromatic carbocycles. The first-order valence-electron chi connectivity index (χ1n) is 9.70. The van der Waals surface area contributed by atoms with Crippen molar-refractivity contribution in [3.05, 3.63) is 82.0 Å². The molecule has 1 unspecified atom stereocenters. The van der Waals surface area contributed by atoms with Crippen LogP contribution in [0.15, 0.2) is 65.9 Å². The summed E-state index contributed by atoms with van der Waals surface area (Å²) < 4.78 is 5.70. The van der Waals surface area contributed by atoms with E-state index in [1.54, 1.807) is 11.0 Å². The van der Waals surface area contributed by atoms with Gasteiger partial charge in [-0.3, -0.25) is 4.79 Å². The molecule has 29 heavy (non-hydrogen) atoms. The van der Waals surface area contributed by atoms with Crippen LogP contribution < -0.4 is 0 Å². The second-order valence-electron chi connectivity index (χ2n) is 8.24. The van der Waals surface area contributed by atoms with Gasteiger partial charge < -0.3 is 9.64 Å². The number of amides is 1. The summed E-state index contributed by atoms with van der Waals surface area (Å²) in [5.41, 5.74) is 2.23. The Morgan fingerprint density at radius 1 is 1.10 bits per heavy atom. The first-order valence-corrected chi connectivity index (χ1v) is 10.1. The average molecular weight is 412 g/mol. The zero-order valence-corrected chi connectivity index (χ0v) is 18.0. The van der Waals surface area contributed by atoms with Gasteiger partial charge in [0.25, 0.3) is 0 Å². The summed E-state index contributed by atoms with van der Waals surface area (Å²) >= 11 is 6.42. The SMILES string of the molecule is CC1=C(C(=O)OC(C)(C)C)C(c2ccccc2Cl)CC(=O)N1Cc1ccccc1. The molecule has 0 aliphatic carbocycles. The molecule has 4 nitrogen and oxygen atoms in total. The van der Waals surface area contributed by atoms with Gasteiger partial charge in [-0.2, -0.15) is 0 Å². The van der Waals surface area contributed by atoms with E-state index in [0.717, 1.165) is 11.1 Å². The third kappa shape index (κ3) is 4.88. The van der Waals surface area contributed by atoms with Crippen molar-refractivity contribution in [1.29, 1.82) is 0 Å². The second-order valence-corrected chi connectivity index (χ2v) is 8.65. The quantitative estimate of drug-likeness (QED) is 0.626. The van der Waals surface area contributed by atoms with Gasteiger partial charge in [0.1, 0.15) is 5.60 Å². The van der Waals surface area contributed by atoms with Crippen molar-refractivity contribution >= 4 is 23.5 Å². The highest BCUT2D eigenvalue weighted by Gasteiger charge is 2.38. The average Bonchev–Trinajstić information content (AvgIpc) is 2.64. The Hall–Kier alpha value is -2.59. The first-order chi connectivity index (χ1) is 13.7. The smallest absolute Gasteiger partial charge is 0.336 e. The molecule has 0 spiro atoms. The van der Waals surface area contributed by atoms with Gasteiger partial charge >= 0.3 is 5.97 Å². The zero-order valence-electron chi connectivity index (χ0n) is 17.2. The number of hydrogen-bond acceptors (Lipinski definition) is 3. The zero-order chi connectivity index (χ0) is 21.2. The van der Waals surface area contributed by atoms with Crippen LogP contribution in [0.1, 0.15) is 51.2 Å². The van der Waals surface area contributed by atoms with E-state index in [9.17, 15) is 9.59 Å². The van der Waals surface area contributed by atoms with E-state index in [4.69, 9.17) is 16.3 Å². The number of hydrogen-bond donors (Lipinski definition) is 0. The predicted octanol–water partition coefficient (Wildman–Crippen LogP) is 5.47. The largest absolute Gasteiger partial charge is 0.457 e. The number of carbonyl (C=O) groups is 2. The Labute approximate surface area is 177 Å². The van der Waals surface area contributed by atoms with E-state index in [1.165, 1.54) is 0 Å². The molecule has 1 aliphatic rings. The Balaban J connectivity index is 2.07. The van der Waals surface area contributed by atoms with Crippen molar-refractivity contribution < 1.29 is 14.3 Å². The van der Waals surface area contributed by atoms with Crippen molar-refractivity contribution in [2.45, 2.75) is 52.2 Å². The maximum atomic E-state index is 13.2. The van der Waals surface area contributed by atoms with Crippen LogP contribution in [-0.2, 0) is 20.9 Å². The Morgan fingerprint density at radius 2 is 1.72 bits per heavy atom. The van der Waals surface area contributed by atoms with E-state index in [1.807, 2.05) is 76.2 Å². The molecule has 5 heteroatoms. The molecule has 2 aromatic rings. The van der Waals surface area contributed by atoms with Gasteiger partial charge in [0, 0.05) is 23.1 Å². The van der Waals surface area contributed by atoms with Crippen molar-refractivity contribution in [3.63, 3.8) is 0 Å². The van der Waals surface area contributed by atoms with E-state index in [-0.39, 0.29) is 12.3 Å². The summed E-state index contributed by atoms with van der Waals surface area (Å²) in [5, 5.41) is 0.538. The fraction of sp³-hybridized carbons (Fsp3) is 0.333. The van der Waals surface area contributed by atoms with E-state index < -0.39 is 17.5 Å². The van der Waals surface area contributed by atoms with Crippen molar-refractivity contribution in [2.75, 3.05) is 0 Å². The summed E-state index contributed by atoms with van der Waals surface area (Å²) in [6.07, 6.45) is 0.169. The minimum Gasteiger partial charge on any atom is -0.457 e. The topological polar surface area (TPSA) is 46.6 Å². The highest BCUT2D eigenvalue weighted by Crippen LogP contribution is 2.40. The molecule has 0 bridgehead atoms. The normalized spacial score (nSPS) is 17.5. The van der Waals surface area contributed by atoms with Gasteiger partial charge in [-0.15, -0.1) is 0 Å². The lowest BCUT2D eigenvalue weighted by Crippen LogP contribution is -2.39. The number of ether oxygens (including phenoxy) is 1. The van der Waals surface area contributed by atoms with Gasteiger partial charge in [-0.25, -0.2) is 4.79 Å². The maximum absolute atomic E-state index is 13.2. The predicted molar refractivity (Wildman–Crippen MR) is 114 cm³/mol. The van der Waals surface area contributed by atoms with Crippen molar-refractivity contribution in [1.82, 2.24) is 4.90 Å². The van der Waals surface area contributed by atoms with Crippen LogP contribution in [-0.4, -0.2) is 22.4 Å². The fourth-order valence-corrected chi connectivity index (χ4v) is 3.86. The molecule has 1 amide bonds. The summed E-state index contributed by atoms with van der Waals surface area (Å²) in [6, 6.07) is 17.1. The summed E-state index contributed by atoms with van der Waals surface area (Å²) in [5.74, 6) is -0.882. The molecule has 1 atom stereocenters. The molecule has 0 radical (unpaired) electrons. The van der Waals surface area contributed by atoms with Crippen LogP contribution in [0.5, 0.6) is 0 Å². The fourth-order valence-electron chi connectivity index (χ4n) is 3.59. The van der Waals surface area contributed by atoms with Crippen LogP contribution >= 0.6 is 11.6 Å². The van der Waals surface area contributed by atoms with Crippen LogP contribution in [0.3, 0.4) is 0 Å². The van der Waals surface area contributed by atoms with Gasteiger partial charge in [0.2, 0.25) is 5.91 Å². The lowest BCUT2D eigenvalue weighted by molar-refractivity contribution is -0.150. The number of carbonyl (C=O) groups excluding carboxylic acids is 2. The summed E-state index contributed by atoms with van der Waals surface area (Å²) in [4.78, 5) is 27.9. The van der Waals surface area contributed by atoms with E-state index in [0.29, 0.717) is 22.8 Å². The monoisotopic (exact) mass is 411 g/mol. The van der Waals surface area contributed by atoms with Crippen LogP contribution in [0.4, 0.5) is 0 Å². The molecular formula is C24H26ClNO3. The Bertz CT molecular complexity index is 944. The van der Waals surface area contributed by atoms with E-state index in [2.05, 4.69) is 0 Å². The number of benzene rings is 2. The van der Waals surface area contributed by atoms with Gasteiger partial charge in [0.15, 0.2) is 0 Å². The minimum absolute atomic E-state index is 0.0384. The van der Waals surface area contributed by atoms with Crippen LogP contribution in [0.2, 0.25) is 5.02 Å². The number of halogens is 1. The second kappa shape index (κ2) is 8.42. The molecule has 0 saturated carbocycles. The third-order valence-corrected chi connectivity index (χ3v) is 5.25. The molecule has 1 aliphatic heterocycles. The molecule has 0 fully saturated rings. The Morgan fingerprint density at radius 3 is 2.34 bits per heavy atom. The molecule has 152 valence electrons. The Kier molecular flexibility index (Phi) is 6.13. The number of rotatable bonds is 4. The van der Waals surface area contributed by atoms with E-state index >= 15 is 0 Å². The molecule has 3 rings (SSSR count). The molecule has 0 aromatic heterocycles. The first kappa shape index (κ1) is 21.1. The van der Waals surface area contributed by atoms with Gasteiger partial charge in [-0.05, 0) is 44.9 Å². The van der Waals surface area contributed by atoms with Gasteiger partial charge in [0.05, 0.1) is 12.1 Å². The molecular weight excluding hydrogens is 386 g/mol. The maximum Gasteiger partial charge on any atom is 0.336 e. The van der Waals surface area contributed by atoms with Crippen molar-refractivity contribution in [3.8, 4) is 0 Å². The van der Waals surface area contributed by atoms with Gasteiger partial charge in [-0.1, -0.05) is 60.1 Å². The lowest BCUT2D eigenvalue weighted by atomic mass is 9.83. The van der Waals surface area contributed by atoms with Crippen LogP contribution in [0, 0.1) is 0 Å². The van der Waals surface area contributed by atoms with Crippen molar-refractivity contribution in [2.24, 2.45) is 0 Å². The standard InChI is InChI=1S/C24H26ClNO3/c1-16-22(23(28)29-24(2,3)4)19(18-12-8-9-13-20(18)25)14-21(27)26(16)15-17-10-6-5-7-11-17/h5-13,19H,14-15H2,1-4H3. The highest BCUT2D eigenvalue weighted by atomic mass is 35.5. The molecule has 1 heterocycles. The molecule has 0 N–H and O–H groups in total. The lowest BCUT2D eigenvalue weighted by Gasteiger charge is -2.35.